The first kappa shape index (κ1) is 53.7. The van der Waals surface area contributed by atoms with Crippen LogP contribution in [0.1, 0.15) is 133 Å². The highest BCUT2D eigenvalue weighted by atomic mass is 19.1. The van der Waals surface area contributed by atoms with Crippen molar-refractivity contribution in [2.45, 2.75) is 141 Å². The fourth-order valence-electron chi connectivity index (χ4n) is 11.1. The van der Waals surface area contributed by atoms with Crippen molar-refractivity contribution in [3.05, 3.63) is 138 Å². The Balaban J connectivity index is 0.818. The van der Waals surface area contributed by atoms with E-state index in [-0.39, 0.29) is 44.3 Å². The van der Waals surface area contributed by atoms with E-state index >= 15 is 4.39 Å². The molecule has 4 fully saturated rings. The van der Waals surface area contributed by atoms with Gasteiger partial charge in [-0.1, -0.05) is 130 Å². The van der Waals surface area contributed by atoms with Gasteiger partial charge < -0.3 is 36.4 Å². The Labute approximate surface area is 452 Å². The maximum Gasteiger partial charge on any atom is 0.271 e. The summed E-state index contributed by atoms with van der Waals surface area (Å²) >= 11 is 0. The molecule has 408 valence electrons. The van der Waals surface area contributed by atoms with E-state index in [4.69, 9.17) is 10.9 Å². The molecule has 6 aromatic rings. The number of nitrogens with one attached hydrogen (secondary N) is 2. The number of β-amino-alcohol motifs (C(OH)–C–C–N with tert-alkyl or cyclic N) is 2. The number of aliphatic hydroxyl groups excluding tert-OH is 2. The summed E-state index contributed by atoms with van der Waals surface area (Å²) < 4.78 is 21.2. The molecule has 78 heavy (non-hydrogen) atoms. The summed E-state index contributed by atoms with van der Waals surface area (Å²) in [5.74, 6) is -2.59. The van der Waals surface area contributed by atoms with Gasteiger partial charge in [0.2, 0.25) is 29.7 Å². The molecule has 19 heteroatoms. The molecule has 0 unspecified atom stereocenters. The Bertz CT molecular complexity index is 3210. The monoisotopic (exact) mass is 1060 g/mol. The summed E-state index contributed by atoms with van der Waals surface area (Å²) in [6.45, 7) is 11.5. The molecule has 2 aromatic heterocycles. The van der Waals surface area contributed by atoms with Crippen molar-refractivity contribution in [2.24, 2.45) is 16.6 Å². The first-order valence-corrected chi connectivity index (χ1v) is 26.9. The average molecular weight is 1060 g/mol. The van der Waals surface area contributed by atoms with Gasteiger partial charge in [-0.15, -0.1) is 9.78 Å². The minimum Gasteiger partial charge on any atom is -0.391 e. The number of nitrogens with two attached hydrogens (primary N) is 1. The van der Waals surface area contributed by atoms with E-state index in [1.54, 1.807) is 62.6 Å². The zero-order valence-electron chi connectivity index (χ0n) is 44.9. The predicted molar refractivity (Wildman–Crippen MR) is 286 cm³/mol. The van der Waals surface area contributed by atoms with Crippen molar-refractivity contribution >= 4 is 29.5 Å². The zero-order valence-corrected chi connectivity index (χ0v) is 44.9. The van der Waals surface area contributed by atoms with Gasteiger partial charge >= 0.3 is 0 Å². The summed E-state index contributed by atoms with van der Waals surface area (Å²) in [5.41, 5.74) is 10.7. The number of aliphatic hydroxyl groups is 2. The minimum absolute atomic E-state index is 0.0220. The lowest BCUT2D eigenvalue weighted by molar-refractivity contribution is -0.776. The van der Waals surface area contributed by atoms with Crippen LogP contribution in [-0.4, -0.2) is 112 Å². The van der Waals surface area contributed by atoms with E-state index in [2.05, 4.69) is 20.9 Å². The minimum atomic E-state index is -1.20. The van der Waals surface area contributed by atoms with Crippen molar-refractivity contribution in [1.29, 1.82) is 0 Å². The number of aromatic nitrogens is 6. The van der Waals surface area contributed by atoms with Gasteiger partial charge in [0.25, 0.3) is 5.91 Å². The lowest BCUT2D eigenvalue weighted by Gasteiger charge is -2.34. The van der Waals surface area contributed by atoms with E-state index in [0.717, 1.165) is 53.8 Å². The number of benzene rings is 4. The van der Waals surface area contributed by atoms with Crippen LogP contribution in [0.4, 0.5) is 4.39 Å². The number of likely N-dealkylation sites (tertiary alicyclic amines) is 2. The number of carbonyl (C=O) groups excluding carboxylic acids is 5. The molecule has 0 bridgehead atoms. The van der Waals surface area contributed by atoms with Crippen molar-refractivity contribution in [3.63, 3.8) is 0 Å². The lowest BCUT2D eigenvalue weighted by atomic mass is 9.85. The maximum absolute atomic E-state index is 16.4. The molecule has 0 radical (unpaired) electrons. The van der Waals surface area contributed by atoms with Crippen LogP contribution >= 0.6 is 0 Å². The van der Waals surface area contributed by atoms with Gasteiger partial charge in [-0.3, -0.25) is 24.0 Å². The van der Waals surface area contributed by atoms with Crippen LogP contribution in [-0.2, 0) is 30.5 Å². The van der Waals surface area contributed by atoms with Crippen molar-refractivity contribution < 1.29 is 43.3 Å². The number of amides is 5. The molecule has 5 amide bonds. The highest BCUT2D eigenvalue weighted by Crippen LogP contribution is 2.42. The van der Waals surface area contributed by atoms with E-state index in [9.17, 15) is 34.2 Å². The van der Waals surface area contributed by atoms with Crippen LogP contribution in [0.3, 0.4) is 0 Å². The van der Waals surface area contributed by atoms with Gasteiger partial charge in [0.15, 0.2) is 17.6 Å². The predicted octanol–water partition coefficient (Wildman–Crippen LogP) is 5.74. The molecular formula is C59H69FN11O7+. The molecule has 4 heterocycles. The molecule has 10 rings (SSSR count). The molecule has 4 aliphatic rings. The molecule has 4 aromatic carbocycles. The van der Waals surface area contributed by atoms with E-state index in [0.29, 0.717) is 28.3 Å². The number of primary amides is 1. The van der Waals surface area contributed by atoms with Crippen molar-refractivity contribution in [2.75, 3.05) is 13.1 Å². The molecule has 18 nitrogen and oxygen atoms in total. The lowest BCUT2D eigenvalue weighted by Crippen LogP contribution is -2.59. The van der Waals surface area contributed by atoms with Gasteiger partial charge in [-0.05, 0) is 71.0 Å². The van der Waals surface area contributed by atoms with Crippen LogP contribution in [0.25, 0.3) is 27.9 Å². The second-order valence-corrected chi connectivity index (χ2v) is 23.7. The van der Waals surface area contributed by atoms with E-state index < -0.39 is 82.7 Å². The second-order valence-electron chi connectivity index (χ2n) is 23.7. The van der Waals surface area contributed by atoms with E-state index in [1.807, 2.05) is 96.4 Å². The molecular weight excluding hydrogens is 994 g/mol. The summed E-state index contributed by atoms with van der Waals surface area (Å²) in [6.07, 6.45) is 5.66. The largest absolute Gasteiger partial charge is 0.391 e. The Kier molecular flexibility index (Phi) is 14.7. The smallest absolute Gasteiger partial charge is 0.271 e. The number of rotatable bonds is 16. The number of halogens is 1. The van der Waals surface area contributed by atoms with Crippen molar-refractivity contribution in [1.82, 2.24) is 45.3 Å². The van der Waals surface area contributed by atoms with Crippen LogP contribution in [0.5, 0.6) is 0 Å². The van der Waals surface area contributed by atoms with Crippen molar-refractivity contribution in [3.8, 4) is 27.9 Å². The molecule has 2 aliphatic carbocycles. The summed E-state index contributed by atoms with van der Waals surface area (Å²) in [7, 11) is 0. The number of nitrogens with zero attached hydrogens (tertiary/aromatic N) is 8. The average Bonchev–Trinajstić information content (AvgIpc) is 4.25. The number of carbonyl (C=O) groups is 5. The van der Waals surface area contributed by atoms with Gasteiger partial charge in [0.1, 0.15) is 30.0 Å². The molecule has 2 saturated carbocycles. The third-order valence-electron chi connectivity index (χ3n) is 15.4. The van der Waals surface area contributed by atoms with Gasteiger partial charge in [-0.25, -0.2) is 9.07 Å². The highest BCUT2D eigenvalue weighted by molar-refractivity contribution is 5.93. The Morgan fingerprint density at radius 3 is 1.94 bits per heavy atom. The SMILES string of the molecule is CC(C)(C)[C@@H](C(=O)N1C[C@H](O)C[C@H]1C(=O)NCc1ccc(-c2ccc(-n3n[n+]([C@H](C(=O)N4C[C@H](O)C[C@H]4C(=O)N[C@@H](C(N)=O)c4ccc(-c5ccccc5)cc4)C(C)(C)C)cc3C3CC3)cc2F)cc1)n1cc(C2CC2)nn1. The third kappa shape index (κ3) is 11.3. The molecule has 6 N–H and O–H groups in total. The van der Waals surface area contributed by atoms with E-state index in [1.165, 1.54) is 15.9 Å². The summed E-state index contributed by atoms with van der Waals surface area (Å²) in [6, 6.07) is 24.0. The number of hydrogen-bond donors (Lipinski definition) is 5. The normalized spacial score (nSPS) is 20.8. The van der Waals surface area contributed by atoms with Gasteiger partial charge in [0, 0.05) is 67.6 Å². The Morgan fingerprint density at radius 1 is 0.744 bits per heavy atom. The number of hydrogen-bond acceptors (Lipinski definition) is 10. The van der Waals surface area contributed by atoms with Crippen LogP contribution in [0, 0.1) is 16.6 Å². The third-order valence-corrected chi connectivity index (χ3v) is 15.4. The zero-order chi connectivity index (χ0) is 55.4. The topological polar surface area (TPSA) is 235 Å². The molecule has 0 spiro atoms. The standard InChI is InChI=1S/C59H68FN11O7/c1-58(2,3)51(69-32-46(64-65-69)38-18-19-38)56(77)67-30-42(72)27-47(67)54(75)62-29-34-12-14-37(15-13-34)44-25-24-41(26-45(44)60)71-49(39-20-21-39)33-70(66-71)52(59(4,5)6)57(78)68-31-43(73)28-48(68)55(76)63-50(53(61)74)40-22-16-36(17-23-40)35-10-8-7-9-11-35/h7-17,22-26,32-33,38-39,42-43,47-48,50-52,72-73H,18-21,27-31H2,1-6H3,(H3-,61,62,63,74,75,76)/p+1/t42-,43-,47+,48+,50-,51-,52-/m1/s1. The second kappa shape index (κ2) is 21.3. The maximum atomic E-state index is 16.4. The quantitative estimate of drug-likeness (QED) is 0.0738. The molecule has 2 aliphatic heterocycles. The fourth-order valence-corrected chi connectivity index (χ4v) is 11.1. The fraction of sp³-hybridized carbons (Fsp3) is 0.441. The Morgan fingerprint density at radius 2 is 1.35 bits per heavy atom. The highest BCUT2D eigenvalue weighted by Gasteiger charge is 2.50. The van der Waals surface area contributed by atoms with Gasteiger partial charge in [-0.2, -0.15) is 0 Å². The summed E-state index contributed by atoms with van der Waals surface area (Å²) in [5, 5.41) is 41.0. The van der Waals surface area contributed by atoms with Crippen LogP contribution in [0.15, 0.2) is 109 Å². The van der Waals surface area contributed by atoms with Crippen LogP contribution in [0.2, 0.25) is 0 Å². The Hall–Kier alpha value is -7.64. The first-order chi connectivity index (χ1) is 37.1. The first-order valence-electron chi connectivity index (χ1n) is 26.9. The summed E-state index contributed by atoms with van der Waals surface area (Å²) in [4.78, 5) is 72.6. The molecule has 2 saturated heterocycles. The van der Waals surface area contributed by atoms with Crippen LogP contribution < -0.4 is 21.0 Å². The van der Waals surface area contributed by atoms with Gasteiger partial charge in [0.05, 0.1) is 23.1 Å². The molecule has 7 atom stereocenters.